The maximum Gasteiger partial charge on any atom is 0.146 e. The normalized spacial score (nSPS) is 18.3. The average Bonchev–Trinajstić information content (AvgIpc) is 3.39. The summed E-state index contributed by atoms with van der Waals surface area (Å²) in [6.45, 7) is 4.29. The molecule has 0 amide bonds. The summed E-state index contributed by atoms with van der Waals surface area (Å²) in [5.74, 6) is 1.91. The van der Waals surface area contributed by atoms with Crippen LogP contribution < -0.4 is 5.32 Å². The highest BCUT2D eigenvalue weighted by Crippen LogP contribution is 2.38. The molecule has 1 aliphatic heterocycles. The lowest BCUT2D eigenvalue weighted by Gasteiger charge is -2.25. The van der Waals surface area contributed by atoms with Gasteiger partial charge in [0.1, 0.15) is 16.5 Å². The number of aromatic nitrogens is 2. The molecule has 1 aromatic carbocycles. The van der Waals surface area contributed by atoms with Crippen LogP contribution in [0.25, 0.3) is 21.3 Å². The van der Waals surface area contributed by atoms with E-state index in [0.717, 1.165) is 49.3 Å². The number of morpholine rings is 1. The Morgan fingerprint density at radius 2 is 1.92 bits per heavy atom. The lowest BCUT2D eigenvalue weighted by molar-refractivity contribution is 0.0331. The van der Waals surface area contributed by atoms with Gasteiger partial charge >= 0.3 is 0 Å². The van der Waals surface area contributed by atoms with Crippen molar-refractivity contribution in [3.63, 3.8) is 0 Å². The van der Waals surface area contributed by atoms with Crippen LogP contribution in [0.4, 0.5) is 5.82 Å². The molecule has 0 radical (unpaired) electrons. The SMILES string of the molecule is c1ccc(-c2csc3nc(CN4CCOCC4)nc(NC4CC4)c23)cc1. The van der Waals surface area contributed by atoms with Crippen molar-refractivity contribution in [1.29, 1.82) is 0 Å². The molecule has 5 rings (SSSR count). The smallest absolute Gasteiger partial charge is 0.146 e. The fourth-order valence-corrected chi connectivity index (χ4v) is 4.34. The summed E-state index contributed by atoms with van der Waals surface area (Å²) in [6.07, 6.45) is 2.46. The summed E-state index contributed by atoms with van der Waals surface area (Å²) in [5.41, 5.74) is 2.45. The fourth-order valence-electron chi connectivity index (χ4n) is 3.37. The van der Waals surface area contributed by atoms with Crippen LogP contribution >= 0.6 is 11.3 Å². The molecule has 5 nitrogen and oxygen atoms in total. The van der Waals surface area contributed by atoms with Crippen LogP contribution in [0.5, 0.6) is 0 Å². The minimum Gasteiger partial charge on any atom is -0.379 e. The van der Waals surface area contributed by atoms with Gasteiger partial charge in [0, 0.05) is 30.1 Å². The zero-order valence-corrected chi connectivity index (χ0v) is 15.5. The van der Waals surface area contributed by atoms with Gasteiger partial charge < -0.3 is 10.1 Å². The monoisotopic (exact) mass is 366 g/mol. The Hall–Kier alpha value is -2.02. The van der Waals surface area contributed by atoms with Gasteiger partial charge in [-0.2, -0.15) is 0 Å². The van der Waals surface area contributed by atoms with Gasteiger partial charge in [-0.1, -0.05) is 30.3 Å². The quantitative estimate of drug-likeness (QED) is 0.745. The Balaban J connectivity index is 1.55. The molecule has 1 saturated carbocycles. The van der Waals surface area contributed by atoms with E-state index in [-0.39, 0.29) is 0 Å². The highest BCUT2D eigenvalue weighted by Gasteiger charge is 2.25. The molecule has 0 atom stereocenters. The summed E-state index contributed by atoms with van der Waals surface area (Å²) >= 11 is 1.71. The third-order valence-corrected chi connectivity index (χ3v) is 5.82. The third kappa shape index (κ3) is 3.32. The summed E-state index contributed by atoms with van der Waals surface area (Å²) in [5, 5.41) is 7.02. The van der Waals surface area contributed by atoms with Crippen LogP contribution in [0.1, 0.15) is 18.7 Å². The molecular formula is C20H22N4OS. The van der Waals surface area contributed by atoms with E-state index in [0.29, 0.717) is 6.04 Å². The average molecular weight is 366 g/mol. The van der Waals surface area contributed by atoms with E-state index in [1.807, 2.05) is 0 Å². The molecule has 0 unspecified atom stereocenters. The number of nitrogens with one attached hydrogen (secondary N) is 1. The molecular weight excluding hydrogens is 344 g/mol. The predicted octanol–water partition coefficient (Wildman–Crippen LogP) is 3.76. The summed E-state index contributed by atoms with van der Waals surface area (Å²) < 4.78 is 5.45. The predicted molar refractivity (Wildman–Crippen MR) is 106 cm³/mol. The summed E-state index contributed by atoms with van der Waals surface area (Å²) in [6, 6.07) is 11.1. The van der Waals surface area contributed by atoms with Crippen molar-refractivity contribution in [1.82, 2.24) is 14.9 Å². The zero-order chi connectivity index (χ0) is 17.3. The zero-order valence-electron chi connectivity index (χ0n) is 14.6. The van der Waals surface area contributed by atoms with Crippen molar-refractivity contribution in [2.24, 2.45) is 0 Å². The first-order chi connectivity index (χ1) is 12.9. The van der Waals surface area contributed by atoms with E-state index in [1.54, 1.807) is 11.3 Å². The van der Waals surface area contributed by atoms with Gasteiger partial charge in [-0.3, -0.25) is 4.90 Å². The van der Waals surface area contributed by atoms with Gasteiger partial charge in [0.15, 0.2) is 0 Å². The summed E-state index contributed by atoms with van der Waals surface area (Å²) in [4.78, 5) is 13.3. The summed E-state index contributed by atoms with van der Waals surface area (Å²) in [7, 11) is 0. The Morgan fingerprint density at radius 1 is 1.12 bits per heavy atom. The molecule has 1 saturated heterocycles. The number of fused-ring (bicyclic) bond motifs is 1. The molecule has 1 aliphatic carbocycles. The Morgan fingerprint density at radius 3 is 2.69 bits per heavy atom. The largest absolute Gasteiger partial charge is 0.379 e. The van der Waals surface area contributed by atoms with Gasteiger partial charge in [-0.25, -0.2) is 9.97 Å². The van der Waals surface area contributed by atoms with Gasteiger partial charge in [0.05, 0.1) is 25.1 Å². The Bertz CT molecular complexity index is 901. The van der Waals surface area contributed by atoms with Crippen LogP contribution in [0.2, 0.25) is 0 Å². The molecule has 26 heavy (non-hydrogen) atoms. The van der Waals surface area contributed by atoms with Crippen LogP contribution in [0, 0.1) is 0 Å². The number of rotatable bonds is 5. The number of hydrogen-bond donors (Lipinski definition) is 1. The third-order valence-electron chi connectivity index (χ3n) is 4.95. The molecule has 3 heterocycles. The molecule has 134 valence electrons. The van der Waals surface area contributed by atoms with E-state index in [2.05, 4.69) is 45.9 Å². The van der Waals surface area contributed by atoms with Gasteiger partial charge in [0.2, 0.25) is 0 Å². The second-order valence-electron chi connectivity index (χ2n) is 6.99. The van der Waals surface area contributed by atoms with E-state index >= 15 is 0 Å². The molecule has 1 N–H and O–H groups in total. The first kappa shape index (κ1) is 16.2. The van der Waals surface area contributed by atoms with Crippen molar-refractivity contribution < 1.29 is 4.74 Å². The second-order valence-corrected chi connectivity index (χ2v) is 7.85. The van der Waals surface area contributed by atoms with E-state index in [9.17, 15) is 0 Å². The first-order valence-corrected chi connectivity index (χ1v) is 10.1. The lowest BCUT2D eigenvalue weighted by Crippen LogP contribution is -2.36. The van der Waals surface area contributed by atoms with Crippen molar-refractivity contribution >= 4 is 27.4 Å². The van der Waals surface area contributed by atoms with Crippen molar-refractivity contribution in [3.05, 3.63) is 41.5 Å². The van der Waals surface area contributed by atoms with E-state index < -0.39 is 0 Å². The molecule has 6 heteroatoms. The number of nitrogens with zero attached hydrogens (tertiary/aromatic N) is 3. The van der Waals surface area contributed by atoms with Crippen molar-refractivity contribution in [2.45, 2.75) is 25.4 Å². The van der Waals surface area contributed by atoms with Crippen LogP contribution in [0.3, 0.4) is 0 Å². The standard InChI is InChI=1S/C20H22N4OS/c1-2-4-14(5-3-1)16-13-26-20-18(16)19(21-15-6-7-15)22-17(23-20)12-24-8-10-25-11-9-24/h1-5,13,15H,6-12H2,(H,21,22,23). The molecule has 2 aliphatic rings. The minimum atomic E-state index is 0.563. The van der Waals surface area contributed by atoms with Crippen LogP contribution in [0.15, 0.2) is 35.7 Å². The number of anilines is 1. The van der Waals surface area contributed by atoms with E-state index in [1.165, 1.54) is 29.4 Å². The number of hydrogen-bond acceptors (Lipinski definition) is 6. The molecule has 3 aromatic rings. The van der Waals surface area contributed by atoms with Crippen LogP contribution in [-0.4, -0.2) is 47.2 Å². The fraction of sp³-hybridized carbons (Fsp3) is 0.400. The number of thiophene rings is 1. The van der Waals surface area contributed by atoms with Crippen molar-refractivity contribution in [3.8, 4) is 11.1 Å². The van der Waals surface area contributed by atoms with E-state index in [4.69, 9.17) is 14.7 Å². The van der Waals surface area contributed by atoms with Gasteiger partial charge in [-0.15, -0.1) is 11.3 Å². The van der Waals surface area contributed by atoms with Gasteiger partial charge in [0.25, 0.3) is 0 Å². The maximum atomic E-state index is 5.45. The Labute approximate surface area is 157 Å². The second kappa shape index (κ2) is 6.95. The Kier molecular flexibility index (Phi) is 4.32. The maximum absolute atomic E-state index is 5.45. The number of benzene rings is 1. The first-order valence-electron chi connectivity index (χ1n) is 9.27. The van der Waals surface area contributed by atoms with Crippen molar-refractivity contribution in [2.75, 3.05) is 31.6 Å². The van der Waals surface area contributed by atoms with Crippen LogP contribution in [-0.2, 0) is 11.3 Å². The molecule has 2 fully saturated rings. The molecule has 2 aromatic heterocycles. The topological polar surface area (TPSA) is 50.3 Å². The number of ether oxygens (including phenoxy) is 1. The van der Waals surface area contributed by atoms with Gasteiger partial charge in [-0.05, 0) is 18.4 Å². The molecule has 0 bridgehead atoms. The highest BCUT2D eigenvalue weighted by molar-refractivity contribution is 7.17. The minimum absolute atomic E-state index is 0.563. The highest BCUT2D eigenvalue weighted by atomic mass is 32.1. The molecule has 0 spiro atoms. The lowest BCUT2D eigenvalue weighted by atomic mass is 10.1.